The molecule has 1 aromatic rings. The van der Waals surface area contributed by atoms with E-state index in [-0.39, 0.29) is 6.10 Å². The second kappa shape index (κ2) is 6.13. The molecule has 0 saturated carbocycles. The van der Waals surface area contributed by atoms with E-state index >= 15 is 0 Å². The predicted octanol–water partition coefficient (Wildman–Crippen LogP) is 3.26. The Balaban J connectivity index is 2.56. The number of benzene rings is 1. The molecule has 84 valence electrons. The third-order valence-corrected chi connectivity index (χ3v) is 2.85. The first-order valence-electron chi connectivity index (χ1n) is 5.26. The Morgan fingerprint density at radius 2 is 2.20 bits per heavy atom. The van der Waals surface area contributed by atoms with Crippen molar-refractivity contribution < 1.29 is 4.74 Å². The van der Waals surface area contributed by atoms with Gasteiger partial charge < -0.3 is 10.5 Å². The second-order valence-electron chi connectivity index (χ2n) is 3.79. The summed E-state index contributed by atoms with van der Waals surface area (Å²) in [6.07, 6.45) is 2.22. The summed E-state index contributed by atoms with van der Waals surface area (Å²) in [4.78, 5) is 0. The molecule has 15 heavy (non-hydrogen) atoms. The summed E-state index contributed by atoms with van der Waals surface area (Å²) in [7, 11) is 0. The van der Waals surface area contributed by atoms with Crippen LogP contribution in [0.3, 0.4) is 0 Å². The Hall–Kier alpha value is -0.540. The van der Waals surface area contributed by atoms with Crippen molar-refractivity contribution in [2.75, 3.05) is 6.54 Å². The number of ether oxygens (including phenoxy) is 1. The first-order valence-corrected chi connectivity index (χ1v) is 6.05. The second-order valence-corrected chi connectivity index (χ2v) is 4.65. The molecule has 0 saturated heterocycles. The summed E-state index contributed by atoms with van der Waals surface area (Å²) < 4.78 is 6.82. The lowest BCUT2D eigenvalue weighted by Crippen LogP contribution is -2.14. The molecule has 1 unspecified atom stereocenters. The van der Waals surface area contributed by atoms with Crippen LogP contribution in [0.15, 0.2) is 22.7 Å². The summed E-state index contributed by atoms with van der Waals surface area (Å²) in [6, 6.07) is 6.11. The van der Waals surface area contributed by atoms with Crippen LogP contribution in [0.2, 0.25) is 0 Å². The lowest BCUT2D eigenvalue weighted by molar-refractivity contribution is 0.207. The van der Waals surface area contributed by atoms with Crippen LogP contribution >= 0.6 is 15.9 Å². The highest BCUT2D eigenvalue weighted by atomic mass is 79.9. The van der Waals surface area contributed by atoms with Crippen molar-refractivity contribution in [3.05, 3.63) is 28.2 Å². The van der Waals surface area contributed by atoms with Crippen molar-refractivity contribution in [2.45, 2.75) is 32.8 Å². The largest absolute Gasteiger partial charge is 0.490 e. The third-order valence-electron chi connectivity index (χ3n) is 2.23. The van der Waals surface area contributed by atoms with Crippen LogP contribution in [-0.2, 0) is 0 Å². The fourth-order valence-electron chi connectivity index (χ4n) is 1.38. The monoisotopic (exact) mass is 271 g/mol. The maximum absolute atomic E-state index is 5.80. The number of halogens is 1. The molecule has 2 N–H and O–H groups in total. The highest BCUT2D eigenvalue weighted by Crippen LogP contribution is 2.27. The fourth-order valence-corrected chi connectivity index (χ4v) is 1.97. The van der Waals surface area contributed by atoms with E-state index in [0.717, 1.165) is 29.6 Å². The average molecular weight is 272 g/mol. The van der Waals surface area contributed by atoms with Gasteiger partial charge in [-0.3, -0.25) is 0 Å². The van der Waals surface area contributed by atoms with Gasteiger partial charge in [0.25, 0.3) is 0 Å². The van der Waals surface area contributed by atoms with Gasteiger partial charge in [0.2, 0.25) is 0 Å². The minimum Gasteiger partial charge on any atom is -0.490 e. The molecule has 0 aliphatic rings. The Bertz CT molecular complexity index is 314. The van der Waals surface area contributed by atoms with Crippen LogP contribution in [-0.4, -0.2) is 12.6 Å². The van der Waals surface area contributed by atoms with Gasteiger partial charge in [-0.2, -0.15) is 0 Å². The molecule has 0 aliphatic carbocycles. The SMILES string of the molecule is Cc1ccc(OC(C)CCCN)c(Br)c1. The number of nitrogens with two attached hydrogens (primary N) is 1. The molecule has 0 spiro atoms. The molecule has 1 rings (SSSR count). The number of aryl methyl sites for hydroxylation is 1. The lowest BCUT2D eigenvalue weighted by Gasteiger charge is -2.15. The third kappa shape index (κ3) is 4.22. The minimum atomic E-state index is 0.215. The Morgan fingerprint density at radius 3 is 2.80 bits per heavy atom. The van der Waals surface area contributed by atoms with Crippen molar-refractivity contribution in [3.63, 3.8) is 0 Å². The van der Waals surface area contributed by atoms with E-state index in [4.69, 9.17) is 10.5 Å². The van der Waals surface area contributed by atoms with Gasteiger partial charge in [0.1, 0.15) is 5.75 Å². The molecule has 3 heteroatoms. The van der Waals surface area contributed by atoms with Crippen LogP contribution < -0.4 is 10.5 Å². The van der Waals surface area contributed by atoms with Crippen LogP contribution in [0, 0.1) is 6.92 Å². The normalized spacial score (nSPS) is 12.5. The van der Waals surface area contributed by atoms with E-state index in [1.807, 2.05) is 6.07 Å². The lowest BCUT2D eigenvalue weighted by atomic mass is 10.2. The van der Waals surface area contributed by atoms with Gasteiger partial charge in [-0.05, 0) is 66.9 Å². The Kier molecular flexibility index (Phi) is 5.12. The quantitative estimate of drug-likeness (QED) is 0.892. The maximum Gasteiger partial charge on any atom is 0.133 e. The Morgan fingerprint density at radius 1 is 1.47 bits per heavy atom. The zero-order valence-electron chi connectivity index (χ0n) is 9.29. The number of hydrogen-bond donors (Lipinski definition) is 1. The van der Waals surface area contributed by atoms with E-state index in [1.54, 1.807) is 0 Å². The summed E-state index contributed by atoms with van der Waals surface area (Å²) in [5.74, 6) is 0.908. The molecule has 0 bridgehead atoms. The van der Waals surface area contributed by atoms with Gasteiger partial charge in [-0.1, -0.05) is 6.07 Å². The Labute approximate surface area is 99.9 Å². The molecule has 0 fully saturated rings. The summed E-state index contributed by atoms with van der Waals surface area (Å²) in [5, 5.41) is 0. The molecular weight excluding hydrogens is 254 g/mol. The average Bonchev–Trinajstić information content (AvgIpc) is 2.19. The topological polar surface area (TPSA) is 35.2 Å². The van der Waals surface area contributed by atoms with Crippen LogP contribution in [0.4, 0.5) is 0 Å². The van der Waals surface area contributed by atoms with Crippen LogP contribution in [0.1, 0.15) is 25.3 Å². The molecule has 2 nitrogen and oxygen atoms in total. The van der Waals surface area contributed by atoms with Gasteiger partial charge >= 0.3 is 0 Å². The summed E-state index contributed by atoms with van der Waals surface area (Å²) in [5.41, 5.74) is 6.68. The zero-order chi connectivity index (χ0) is 11.3. The van der Waals surface area contributed by atoms with Crippen LogP contribution in [0.5, 0.6) is 5.75 Å². The molecule has 0 heterocycles. The first-order chi connectivity index (χ1) is 7.13. The van der Waals surface area contributed by atoms with E-state index in [9.17, 15) is 0 Å². The molecular formula is C12H18BrNO. The van der Waals surface area contributed by atoms with Crippen molar-refractivity contribution in [2.24, 2.45) is 5.73 Å². The van der Waals surface area contributed by atoms with E-state index < -0.39 is 0 Å². The van der Waals surface area contributed by atoms with Crippen molar-refractivity contribution in [3.8, 4) is 5.75 Å². The molecule has 0 aliphatic heterocycles. The zero-order valence-corrected chi connectivity index (χ0v) is 10.9. The number of hydrogen-bond acceptors (Lipinski definition) is 2. The minimum absolute atomic E-state index is 0.215. The highest BCUT2D eigenvalue weighted by molar-refractivity contribution is 9.10. The van der Waals surface area contributed by atoms with E-state index in [1.165, 1.54) is 5.56 Å². The van der Waals surface area contributed by atoms with E-state index in [0.29, 0.717) is 0 Å². The number of rotatable bonds is 5. The smallest absolute Gasteiger partial charge is 0.133 e. The molecule has 1 atom stereocenters. The molecule has 0 aromatic heterocycles. The summed E-state index contributed by atoms with van der Waals surface area (Å²) >= 11 is 3.49. The predicted molar refractivity (Wildman–Crippen MR) is 67.3 cm³/mol. The van der Waals surface area contributed by atoms with Gasteiger partial charge in [0, 0.05) is 0 Å². The van der Waals surface area contributed by atoms with Gasteiger partial charge in [-0.25, -0.2) is 0 Å². The molecule has 0 amide bonds. The summed E-state index contributed by atoms with van der Waals surface area (Å²) in [6.45, 7) is 4.86. The van der Waals surface area contributed by atoms with Crippen LogP contribution in [0.25, 0.3) is 0 Å². The maximum atomic E-state index is 5.80. The highest BCUT2D eigenvalue weighted by Gasteiger charge is 2.06. The van der Waals surface area contributed by atoms with Crippen molar-refractivity contribution >= 4 is 15.9 Å². The fraction of sp³-hybridized carbons (Fsp3) is 0.500. The van der Waals surface area contributed by atoms with Crippen molar-refractivity contribution in [1.82, 2.24) is 0 Å². The van der Waals surface area contributed by atoms with E-state index in [2.05, 4.69) is 41.9 Å². The van der Waals surface area contributed by atoms with Gasteiger partial charge in [0.05, 0.1) is 10.6 Å². The van der Waals surface area contributed by atoms with Gasteiger partial charge in [-0.15, -0.1) is 0 Å². The standard InChI is InChI=1S/C12H18BrNO/c1-9-5-6-12(11(13)8-9)15-10(2)4-3-7-14/h5-6,8,10H,3-4,7,14H2,1-2H3. The van der Waals surface area contributed by atoms with Gasteiger partial charge in [0.15, 0.2) is 0 Å². The molecule has 0 radical (unpaired) electrons. The van der Waals surface area contributed by atoms with Crippen molar-refractivity contribution in [1.29, 1.82) is 0 Å². The first kappa shape index (κ1) is 12.5. The molecule has 1 aromatic carbocycles.